The van der Waals surface area contributed by atoms with Crippen LogP contribution < -0.4 is 20.1 Å². The van der Waals surface area contributed by atoms with Gasteiger partial charge in [-0.25, -0.2) is 0 Å². The van der Waals surface area contributed by atoms with Gasteiger partial charge in [-0.1, -0.05) is 24.3 Å². The number of guanidine groups is 1. The van der Waals surface area contributed by atoms with Gasteiger partial charge in [-0.3, -0.25) is 4.99 Å². The molecular weight excluding hydrogens is 479 g/mol. The summed E-state index contributed by atoms with van der Waals surface area (Å²) < 4.78 is 10.8. The summed E-state index contributed by atoms with van der Waals surface area (Å²) in [6.45, 7) is 2.00. The van der Waals surface area contributed by atoms with Crippen LogP contribution in [0.2, 0.25) is 0 Å². The summed E-state index contributed by atoms with van der Waals surface area (Å²) >= 11 is 0. The van der Waals surface area contributed by atoms with E-state index >= 15 is 0 Å². The monoisotopic (exact) mass is 506 g/mol. The Bertz CT molecular complexity index is 970. The van der Waals surface area contributed by atoms with E-state index in [-0.39, 0.29) is 24.0 Å². The van der Waals surface area contributed by atoms with Crippen LogP contribution >= 0.6 is 24.0 Å². The third-order valence-corrected chi connectivity index (χ3v) is 4.96. The topological polar surface area (TPSA) is 70.7 Å². The van der Waals surface area contributed by atoms with Gasteiger partial charge in [0, 0.05) is 37.2 Å². The fourth-order valence-corrected chi connectivity index (χ4v) is 3.47. The van der Waals surface area contributed by atoms with Crippen LogP contribution in [-0.4, -0.2) is 37.9 Å². The van der Waals surface area contributed by atoms with Gasteiger partial charge in [-0.05, 0) is 48.6 Å². The molecule has 0 aliphatic carbocycles. The van der Waals surface area contributed by atoms with Gasteiger partial charge in [0.05, 0.1) is 0 Å². The van der Waals surface area contributed by atoms with Crippen molar-refractivity contribution in [1.29, 1.82) is 0 Å². The molecule has 0 bridgehead atoms. The fraction of sp³-hybridized carbons (Fsp3) is 0.318. The number of aryl methyl sites for hydroxylation is 1. The SMILES string of the molecule is CN=C(NCCCc1c[nH]c2ccccc12)NCCc1ccc2c(c1)OCO2.I. The molecule has 7 heteroatoms. The van der Waals surface area contributed by atoms with E-state index in [2.05, 4.69) is 57.1 Å². The maximum atomic E-state index is 5.43. The Kier molecular flexibility index (Phi) is 7.62. The van der Waals surface area contributed by atoms with Gasteiger partial charge in [0.1, 0.15) is 0 Å². The van der Waals surface area contributed by atoms with E-state index in [0.29, 0.717) is 6.79 Å². The molecule has 6 nitrogen and oxygen atoms in total. The maximum absolute atomic E-state index is 5.43. The van der Waals surface area contributed by atoms with Gasteiger partial charge in [-0.2, -0.15) is 0 Å². The summed E-state index contributed by atoms with van der Waals surface area (Å²) in [6, 6.07) is 14.5. The number of aromatic amines is 1. The van der Waals surface area contributed by atoms with E-state index in [1.165, 1.54) is 22.0 Å². The largest absolute Gasteiger partial charge is 0.454 e. The van der Waals surface area contributed by atoms with E-state index < -0.39 is 0 Å². The van der Waals surface area contributed by atoms with Gasteiger partial charge in [0.25, 0.3) is 0 Å². The Balaban J connectivity index is 0.00000240. The van der Waals surface area contributed by atoms with E-state index in [1.807, 2.05) is 12.1 Å². The normalized spacial score (nSPS) is 12.7. The molecule has 0 fully saturated rings. The maximum Gasteiger partial charge on any atom is 0.231 e. The van der Waals surface area contributed by atoms with Crippen molar-refractivity contribution < 1.29 is 9.47 Å². The van der Waals surface area contributed by atoms with Crippen LogP contribution in [0.4, 0.5) is 0 Å². The Morgan fingerprint density at radius 3 is 2.76 bits per heavy atom. The van der Waals surface area contributed by atoms with Crippen molar-refractivity contribution in [1.82, 2.24) is 15.6 Å². The Morgan fingerprint density at radius 1 is 1.03 bits per heavy atom. The molecule has 0 radical (unpaired) electrons. The lowest BCUT2D eigenvalue weighted by molar-refractivity contribution is 0.174. The number of hydrogen-bond acceptors (Lipinski definition) is 3. The van der Waals surface area contributed by atoms with Gasteiger partial charge in [0.15, 0.2) is 17.5 Å². The molecule has 0 saturated heterocycles. The first-order valence-electron chi connectivity index (χ1n) is 9.71. The predicted molar refractivity (Wildman–Crippen MR) is 128 cm³/mol. The third-order valence-electron chi connectivity index (χ3n) is 4.96. The Labute approximate surface area is 188 Å². The number of halogens is 1. The number of ether oxygens (including phenoxy) is 2. The van der Waals surface area contributed by atoms with E-state index in [1.54, 1.807) is 7.05 Å². The molecule has 0 spiro atoms. The Hall–Kier alpha value is -2.42. The minimum absolute atomic E-state index is 0. The quantitative estimate of drug-likeness (QED) is 0.197. The number of benzene rings is 2. The van der Waals surface area contributed by atoms with E-state index in [9.17, 15) is 0 Å². The number of nitrogens with one attached hydrogen (secondary N) is 3. The van der Waals surface area contributed by atoms with Crippen molar-refractivity contribution in [2.24, 2.45) is 4.99 Å². The summed E-state index contributed by atoms with van der Waals surface area (Å²) in [5.41, 5.74) is 3.78. The van der Waals surface area contributed by atoms with Crippen molar-refractivity contribution >= 4 is 40.8 Å². The summed E-state index contributed by atoms with van der Waals surface area (Å²) in [5.74, 6) is 2.49. The van der Waals surface area contributed by atoms with Crippen molar-refractivity contribution in [3.63, 3.8) is 0 Å². The van der Waals surface area contributed by atoms with Crippen molar-refractivity contribution in [3.8, 4) is 11.5 Å². The fourth-order valence-electron chi connectivity index (χ4n) is 3.47. The lowest BCUT2D eigenvalue weighted by atomic mass is 10.1. The number of H-pyrrole nitrogens is 1. The lowest BCUT2D eigenvalue weighted by Crippen LogP contribution is -2.38. The molecule has 1 aliphatic heterocycles. The van der Waals surface area contributed by atoms with Gasteiger partial charge in [0.2, 0.25) is 6.79 Å². The average molecular weight is 506 g/mol. The molecule has 0 amide bonds. The van der Waals surface area contributed by atoms with Crippen LogP contribution in [-0.2, 0) is 12.8 Å². The van der Waals surface area contributed by atoms with Crippen LogP contribution in [0.25, 0.3) is 10.9 Å². The molecule has 1 aromatic heterocycles. The highest BCUT2D eigenvalue weighted by Gasteiger charge is 2.13. The molecule has 0 saturated carbocycles. The molecule has 29 heavy (non-hydrogen) atoms. The van der Waals surface area contributed by atoms with Gasteiger partial charge >= 0.3 is 0 Å². The minimum atomic E-state index is 0. The van der Waals surface area contributed by atoms with Gasteiger partial charge in [-0.15, -0.1) is 24.0 Å². The highest BCUT2D eigenvalue weighted by molar-refractivity contribution is 14.0. The zero-order valence-electron chi connectivity index (χ0n) is 16.5. The van der Waals surface area contributed by atoms with Crippen molar-refractivity contribution in [2.75, 3.05) is 26.9 Å². The van der Waals surface area contributed by atoms with Crippen molar-refractivity contribution in [3.05, 3.63) is 59.8 Å². The van der Waals surface area contributed by atoms with Crippen LogP contribution in [0.1, 0.15) is 17.5 Å². The summed E-state index contributed by atoms with van der Waals surface area (Å²) in [6.07, 6.45) is 5.09. The third kappa shape index (κ3) is 5.35. The second-order valence-corrected chi connectivity index (χ2v) is 6.83. The number of para-hydroxylation sites is 1. The van der Waals surface area contributed by atoms with Crippen molar-refractivity contribution in [2.45, 2.75) is 19.3 Å². The van der Waals surface area contributed by atoms with Crippen LogP contribution in [0.15, 0.2) is 53.7 Å². The first kappa shape index (κ1) is 21.3. The Morgan fingerprint density at radius 2 is 1.86 bits per heavy atom. The van der Waals surface area contributed by atoms with Crippen LogP contribution in [0, 0.1) is 0 Å². The molecule has 154 valence electrons. The number of aromatic nitrogens is 1. The molecule has 2 heterocycles. The average Bonchev–Trinajstić information content (AvgIpc) is 3.36. The highest BCUT2D eigenvalue weighted by Crippen LogP contribution is 2.32. The first-order valence-corrected chi connectivity index (χ1v) is 9.71. The first-order chi connectivity index (χ1) is 13.8. The number of nitrogens with zero attached hydrogens (tertiary/aromatic N) is 1. The zero-order chi connectivity index (χ0) is 19.2. The summed E-state index contributed by atoms with van der Waals surface area (Å²) in [5, 5.41) is 8.08. The second-order valence-electron chi connectivity index (χ2n) is 6.83. The highest BCUT2D eigenvalue weighted by atomic mass is 127. The predicted octanol–water partition coefficient (Wildman–Crippen LogP) is 3.85. The molecule has 4 rings (SSSR count). The molecule has 3 aromatic rings. The lowest BCUT2D eigenvalue weighted by Gasteiger charge is -2.12. The molecule has 0 unspecified atom stereocenters. The number of aliphatic imine (C=N–C) groups is 1. The number of fused-ring (bicyclic) bond motifs is 2. The molecular formula is C22H27IN4O2. The zero-order valence-corrected chi connectivity index (χ0v) is 18.9. The number of hydrogen-bond donors (Lipinski definition) is 3. The summed E-state index contributed by atoms with van der Waals surface area (Å²) in [4.78, 5) is 7.64. The second kappa shape index (κ2) is 10.4. The standard InChI is InChI=1S/C22H26N4O2.HI/c1-23-22(25-12-10-16-8-9-20-21(13-16)28-15-27-20)24-11-4-5-17-14-26-19-7-3-2-6-18(17)19;/h2-3,6-9,13-14,26H,4-5,10-12,15H2,1H3,(H2,23,24,25);1H. The van der Waals surface area contributed by atoms with E-state index in [4.69, 9.17) is 9.47 Å². The minimum Gasteiger partial charge on any atom is -0.454 e. The van der Waals surface area contributed by atoms with Crippen LogP contribution in [0.3, 0.4) is 0 Å². The smallest absolute Gasteiger partial charge is 0.231 e. The molecule has 0 atom stereocenters. The van der Waals surface area contributed by atoms with Gasteiger partial charge < -0.3 is 25.1 Å². The molecule has 1 aliphatic rings. The molecule has 2 aromatic carbocycles. The summed E-state index contributed by atoms with van der Waals surface area (Å²) in [7, 11) is 1.80. The van der Waals surface area contributed by atoms with Crippen LogP contribution in [0.5, 0.6) is 11.5 Å². The number of rotatable bonds is 7. The molecule has 3 N–H and O–H groups in total. The van der Waals surface area contributed by atoms with E-state index in [0.717, 1.165) is 49.8 Å².